The second-order valence-electron chi connectivity index (χ2n) is 9.04. The molecule has 0 aliphatic heterocycles. The summed E-state index contributed by atoms with van der Waals surface area (Å²) < 4.78 is 47.3. The van der Waals surface area contributed by atoms with Crippen LogP contribution in [0.4, 0.5) is 4.39 Å². The Morgan fingerprint density at radius 3 is 2.29 bits per heavy atom. The Labute approximate surface area is 170 Å². The highest BCUT2D eigenvalue weighted by atomic mass is 32.2. The van der Waals surface area contributed by atoms with E-state index in [9.17, 15) is 18.1 Å². The molecule has 0 radical (unpaired) electrons. The van der Waals surface area contributed by atoms with E-state index >= 15 is 0 Å². The molecule has 1 aliphatic carbocycles. The first-order chi connectivity index (χ1) is 12.7. The number of hydrogen-bond acceptors (Lipinski definition) is 4. The van der Waals surface area contributed by atoms with Crippen LogP contribution in [0.2, 0.25) is 0 Å². The molecule has 0 saturated heterocycles. The lowest BCUT2D eigenvalue weighted by Crippen LogP contribution is -2.52. The first-order valence-electron chi connectivity index (χ1n) is 9.34. The highest BCUT2D eigenvalue weighted by Gasteiger charge is 2.44. The number of nitrogens with zero attached hydrogens (tertiary/aromatic N) is 2. The van der Waals surface area contributed by atoms with Crippen molar-refractivity contribution in [1.29, 1.82) is 5.26 Å². The lowest BCUT2D eigenvalue weighted by molar-refractivity contribution is 0.456. The summed E-state index contributed by atoms with van der Waals surface area (Å²) in [5.74, 6) is -0.592. The van der Waals surface area contributed by atoms with Crippen molar-refractivity contribution in [3.05, 3.63) is 35.6 Å². The zero-order valence-corrected chi connectivity index (χ0v) is 19.0. The minimum atomic E-state index is -3.07. The molecule has 2 unspecified atom stereocenters. The molecule has 8 heteroatoms. The van der Waals surface area contributed by atoms with Gasteiger partial charge in [-0.15, -0.1) is 0 Å². The monoisotopic (exact) mass is 427 g/mol. The van der Waals surface area contributed by atoms with Crippen LogP contribution in [0.5, 0.6) is 0 Å². The topological polar surface area (TPSA) is 82.3 Å². The van der Waals surface area contributed by atoms with Crippen LogP contribution in [0, 0.1) is 17.1 Å². The van der Waals surface area contributed by atoms with Gasteiger partial charge in [-0.25, -0.2) is 21.9 Å². The summed E-state index contributed by atoms with van der Waals surface area (Å²) in [7, 11) is -4.61. The van der Waals surface area contributed by atoms with Gasteiger partial charge in [-0.05, 0) is 60.5 Å². The van der Waals surface area contributed by atoms with E-state index in [1.807, 2.05) is 20.8 Å². The van der Waals surface area contributed by atoms with E-state index < -0.39 is 41.6 Å². The smallest absolute Gasteiger partial charge is 0.135 e. The van der Waals surface area contributed by atoms with E-state index in [1.54, 1.807) is 39.0 Å². The fourth-order valence-electron chi connectivity index (χ4n) is 2.66. The number of hydrogen-bond donors (Lipinski definition) is 1. The van der Waals surface area contributed by atoms with Crippen molar-refractivity contribution in [3.63, 3.8) is 0 Å². The molecular weight excluding hydrogens is 397 g/mol. The summed E-state index contributed by atoms with van der Waals surface area (Å²) >= 11 is 0. The van der Waals surface area contributed by atoms with Crippen molar-refractivity contribution >= 4 is 20.7 Å². The molecule has 0 heterocycles. The molecule has 28 heavy (non-hydrogen) atoms. The van der Waals surface area contributed by atoms with Crippen molar-refractivity contribution in [2.24, 2.45) is 4.36 Å². The molecule has 1 aromatic carbocycles. The van der Waals surface area contributed by atoms with Gasteiger partial charge in [0.2, 0.25) is 0 Å². The Morgan fingerprint density at radius 2 is 1.82 bits per heavy atom. The average molecular weight is 428 g/mol. The SMILES string of the molecule is CC(C)(C)S(=O)N[C@@](C)(CS(=O)(=NC1CC1)C(C)(C)C#N)c1ccccc1F. The van der Waals surface area contributed by atoms with Gasteiger partial charge < -0.3 is 0 Å². The fourth-order valence-corrected chi connectivity index (χ4v) is 6.19. The highest BCUT2D eigenvalue weighted by molar-refractivity contribution is 7.95. The van der Waals surface area contributed by atoms with Crippen molar-refractivity contribution in [2.75, 3.05) is 5.75 Å². The molecule has 0 amide bonds. The van der Waals surface area contributed by atoms with Gasteiger partial charge in [-0.3, -0.25) is 0 Å². The molecule has 0 spiro atoms. The van der Waals surface area contributed by atoms with Gasteiger partial charge in [0.15, 0.2) is 0 Å². The van der Waals surface area contributed by atoms with Gasteiger partial charge in [0.1, 0.15) is 10.6 Å². The Morgan fingerprint density at radius 1 is 1.25 bits per heavy atom. The lowest BCUT2D eigenvalue weighted by Gasteiger charge is -2.37. The van der Waals surface area contributed by atoms with E-state index in [0.29, 0.717) is 0 Å². The third-order valence-corrected chi connectivity index (χ3v) is 9.80. The van der Waals surface area contributed by atoms with E-state index in [-0.39, 0.29) is 17.4 Å². The maximum absolute atomic E-state index is 14.7. The molecule has 3 atom stereocenters. The molecule has 0 aromatic heterocycles. The van der Waals surface area contributed by atoms with Gasteiger partial charge in [-0.2, -0.15) is 5.26 Å². The van der Waals surface area contributed by atoms with Crippen LogP contribution >= 0.6 is 0 Å². The van der Waals surface area contributed by atoms with Crippen molar-refractivity contribution < 1.29 is 12.8 Å². The number of nitrogens with one attached hydrogen (secondary N) is 1. The Kier molecular flexibility index (Phi) is 6.44. The van der Waals surface area contributed by atoms with Crippen LogP contribution in [-0.4, -0.2) is 29.7 Å². The second kappa shape index (κ2) is 7.85. The summed E-state index contributed by atoms with van der Waals surface area (Å²) in [6, 6.07) is 8.27. The van der Waals surface area contributed by atoms with Gasteiger partial charge in [-0.1, -0.05) is 18.2 Å². The molecule has 1 aliphatic rings. The third-order valence-electron chi connectivity index (χ3n) is 4.76. The summed E-state index contributed by atoms with van der Waals surface area (Å²) in [5.41, 5.74) is -0.965. The molecule has 0 bridgehead atoms. The van der Waals surface area contributed by atoms with Crippen LogP contribution in [0.1, 0.15) is 59.9 Å². The zero-order valence-electron chi connectivity index (χ0n) is 17.4. The molecule has 1 N–H and O–H groups in total. The summed E-state index contributed by atoms with van der Waals surface area (Å²) in [6.07, 6.45) is 1.69. The van der Waals surface area contributed by atoms with Gasteiger partial charge >= 0.3 is 0 Å². The Hall–Kier alpha value is -1.30. The van der Waals surface area contributed by atoms with E-state index in [1.165, 1.54) is 6.07 Å². The third kappa shape index (κ3) is 5.00. The number of benzene rings is 1. The molecule has 1 fully saturated rings. The van der Waals surface area contributed by atoms with E-state index in [4.69, 9.17) is 0 Å². The molecule has 156 valence electrons. The summed E-state index contributed by atoms with van der Waals surface area (Å²) in [4.78, 5) is 0. The number of nitriles is 1. The average Bonchev–Trinajstić information content (AvgIpc) is 3.37. The standard InChI is InChI=1S/C20H30FN3O2S2/c1-18(2,3)27(25)24-20(6,16-9-7-8-10-17(16)21)14-28(26,19(4,5)13-22)23-15-11-12-15/h7-10,15,24H,11-12,14H2,1-6H3/t20-,27?,28?/m0/s1. The number of rotatable bonds is 7. The molecular formula is C20H30FN3O2S2. The predicted molar refractivity (Wildman–Crippen MR) is 113 cm³/mol. The highest BCUT2D eigenvalue weighted by Crippen LogP contribution is 2.35. The van der Waals surface area contributed by atoms with Crippen LogP contribution in [0.25, 0.3) is 0 Å². The predicted octanol–water partition coefficient (Wildman–Crippen LogP) is 4.03. The maximum atomic E-state index is 14.7. The van der Waals surface area contributed by atoms with Gasteiger partial charge in [0.05, 0.1) is 48.9 Å². The Bertz CT molecular complexity index is 920. The number of halogens is 1. The largest absolute Gasteiger partial charge is 0.248 e. The molecule has 5 nitrogen and oxygen atoms in total. The zero-order chi connectivity index (χ0) is 21.4. The fraction of sp³-hybridized carbons (Fsp3) is 0.650. The second-order valence-corrected chi connectivity index (χ2v) is 13.8. The normalized spacial score (nSPS) is 20.5. The van der Waals surface area contributed by atoms with E-state index in [2.05, 4.69) is 15.2 Å². The molecule has 2 rings (SSSR count). The first kappa shape index (κ1) is 23.0. The first-order valence-corrected chi connectivity index (χ1v) is 12.2. The van der Waals surface area contributed by atoms with Crippen molar-refractivity contribution in [3.8, 4) is 6.07 Å². The van der Waals surface area contributed by atoms with E-state index in [0.717, 1.165) is 12.8 Å². The minimum Gasteiger partial charge on any atom is -0.248 e. The Balaban J connectivity index is 2.62. The summed E-state index contributed by atoms with van der Waals surface area (Å²) in [6.45, 7) is 10.3. The molecule has 1 saturated carbocycles. The van der Waals surface area contributed by atoms with Crippen LogP contribution in [0.15, 0.2) is 28.6 Å². The van der Waals surface area contributed by atoms with Crippen molar-refractivity contribution in [2.45, 2.75) is 75.5 Å². The van der Waals surface area contributed by atoms with Crippen LogP contribution < -0.4 is 4.72 Å². The molecule has 1 aromatic rings. The van der Waals surface area contributed by atoms with Gasteiger partial charge in [0.25, 0.3) is 0 Å². The van der Waals surface area contributed by atoms with Crippen molar-refractivity contribution in [1.82, 2.24) is 4.72 Å². The van der Waals surface area contributed by atoms with Crippen LogP contribution in [-0.2, 0) is 26.3 Å². The quantitative estimate of drug-likeness (QED) is 0.713. The van der Waals surface area contributed by atoms with Gasteiger partial charge in [0, 0.05) is 5.56 Å². The van der Waals surface area contributed by atoms with Crippen LogP contribution in [0.3, 0.4) is 0 Å². The summed E-state index contributed by atoms with van der Waals surface area (Å²) in [5, 5.41) is 9.65. The maximum Gasteiger partial charge on any atom is 0.135 e. The lowest BCUT2D eigenvalue weighted by atomic mass is 9.95. The minimum absolute atomic E-state index is 0.0295.